The van der Waals surface area contributed by atoms with Gasteiger partial charge in [-0.2, -0.15) is 0 Å². The molecule has 0 bridgehead atoms. The summed E-state index contributed by atoms with van der Waals surface area (Å²) in [7, 11) is 3.16. The van der Waals surface area contributed by atoms with Crippen LogP contribution in [-0.4, -0.2) is 62.4 Å². The standard InChI is InChI=1S/C13H23NO5/c1-18-8-6-14(7-9-19-2)12(15)10-4-3-5-11(10)13(16)17/h10-11H,3-9H2,1-2H3,(H,16,17). The Morgan fingerprint density at radius 1 is 1.11 bits per heavy atom. The molecule has 19 heavy (non-hydrogen) atoms. The van der Waals surface area contributed by atoms with E-state index in [1.165, 1.54) is 0 Å². The Labute approximate surface area is 113 Å². The summed E-state index contributed by atoms with van der Waals surface area (Å²) in [5.41, 5.74) is 0. The second kappa shape index (κ2) is 8.12. The van der Waals surface area contributed by atoms with E-state index in [4.69, 9.17) is 14.6 Å². The van der Waals surface area contributed by atoms with Crippen LogP contribution in [0.1, 0.15) is 19.3 Å². The number of ether oxygens (including phenoxy) is 2. The average Bonchev–Trinajstić information content (AvgIpc) is 2.87. The molecule has 1 N–H and O–H groups in total. The monoisotopic (exact) mass is 273 g/mol. The Morgan fingerprint density at radius 2 is 1.63 bits per heavy atom. The zero-order chi connectivity index (χ0) is 14.3. The quantitative estimate of drug-likeness (QED) is 0.701. The zero-order valence-corrected chi connectivity index (χ0v) is 11.6. The number of amides is 1. The van der Waals surface area contributed by atoms with Gasteiger partial charge in [0.15, 0.2) is 0 Å². The molecule has 0 aromatic rings. The van der Waals surface area contributed by atoms with Crippen molar-refractivity contribution >= 4 is 11.9 Å². The van der Waals surface area contributed by atoms with Crippen molar-refractivity contribution in [3.8, 4) is 0 Å². The van der Waals surface area contributed by atoms with Gasteiger partial charge in [-0.25, -0.2) is 0 Å². The van der Waals surface area contributed by atoms with Crippen molar-refractivity contribution in [3.63, 3.8) is 0 Å². The number of carboxylic acid groups (broad SMARTS) is 1. The van der Waals surface area contributed by atoms with Gasteiger partial charge in [-0.1, -0.05) is 6.42 Å². The van der Waals surface area contributed by atoms with Crippen LogP contribution in [0.4, 0.5) is 0 Å². The first-order valence-corrected chi connectivity index (χ1v) is 6.61. The van der Waals surface area contributed by atoms with Crippen LogP contribution in [0, 0.1) is 11.8 Å². The summed E-state index contributed by atoms with van der Waals surface area (Å²) in [6.07, 6.45) is 2.05. The van der Waals surface area contributed by atoms with Crippen LogP contribution in [0.3, 0.4) is 0 Å². The minimum absolute atomic E-state index is 0.0843. The molecule has 0 aromatic carbocycles. The fourth-order valence-corrected chi connectivity index (χ4v) is 2.52. The smallest absolute Gasteiger partial charge is 0.307 e. The first kappa shape index (κ1) is 15.9. The van der Waals surface area contributed by atoms with Crippen LogP contribution in [0.2, 0.25) is 0 Å². The van der Waals surface area contributed by atoms with Crippen LogP contribution < -0.4 is 0 Å². The van der Waals surface area contributed by atoms with E-state index >= 15 is 0 Å². The molecule has 0 radical (unpaired) electrons. The third-order valence-electron chi connectivity index (χ3n) is 3.59. The summed E-state index contributed by atoms with van der Waals surface area (Å²) < 4.78 is 9.98. The highest BCUT2D eigenvalue weighted by atomic mass is 16.5. The van der Waals surface area contributed by atoms with Gasteiger partial charge < -0.3 is 19.5 Å². The molecule has 6 nitrogen and oxygen atoms in total. The number of aliphatic carboxylic acids is 1. The highest BCUT2D eigenvalue weighted by Gasteiger charge is 2.39. The maximum Gasteiger partial charge on any atom is 0.307 e. The summed E-state index contributed by atoms with van der Waals surface area (Å²) in [6, 6.07) is 0. The van der Waals surface area contributed by atoms with E-state index in [1.807, 2.05) is 0 Å². The molecule has 0 aliphatic heterocycles. The summed E-state index contributed by atoms with van der Waals surface area (Å²) in [5, 5.41) is 9.15. The maximum atomic E-state index is 12.4. The average molecular weight is 273 g/mol. The van der Waals surface area contributed by atoms with E-state index in [0.29, 0.717) is 39.1 Å². The number of hydrogen-bond acceptors (Lipinski definition) is 4. The normalized spacial score (nSPS) is 22.4. The van der Waals surface area contributed by atoms with Gasteiger partial charge in [0.1, 0.15) is 0 Å². The number of rotatable bonds is 8. The predicted octanol–water partition coefficient (Wildman–Crippen LogP) is 0.609. The molecular formula is C13H23NO5. The molecule has 1 rings (SSSR count). The first-order chi connectivity index (χ1) is 9.11. The minimum Gasteiger partial charge on any atom is -0.481 e. The summed E-state index contributed by atoms with van der Waals surface area (Å²) >= 11 is 0. The van der Waals surface area contributed by atoms with Crippen molar-refractivity contribution in [3.05, 3.63) is 0 Å². The molecular weight excluding hydrogens is 250 g/mol. The molecule has 1 aliphatic rings. The Bertz CT molecular complexity index is 299. The zero-order valence-electron chi connectivity index (χ0n) is 11.6. The molecule has 0 aromatic heterocycles. The van der Waals surface area contributed by atoms with Crippen molar-refractivity contribution in [2.45, 2.75) is 19.3 Å². The maximum absolute atomic E-state index is 12.4. The van der Waals surface area contributed by atoms with Gasteiger partial charge in [-0.15, -0.1) is 0 Å². The lowest BCUT2D eigenvalue weighted by molar-refractivity contribution is -0.149. The van der Waals surface area contributed by atoms with Gasteiger partial charge >= 0.3 is 5.97 Å². The van der Waals surface area contributed by atoms with Crippen molar-refractivity contribution in [1.29, 1.82) is 0 Å². The first-order valence-electron chi connectivity index (χ1n) is 6.61. The second-order valence-corrected chi connectivity index (χ2v) is 4.79. The van der Waals surface area contributed by atoms with Crippen LogP contribution in [0.25, 0.3) is 0 Å². The van der Waals surface area contributed by atoms with Gasteiger partial charge in [0, 0.05) is 27.3 Å². The van der Waals surface area contributed by atoms with E-state index in [2.05, 4.69) is 0 Å². The molecule has 2 unspecified atom stereocenters. The van der Waals surface area contributed by atoms with Crippen molar-refractivity contribution in [2.75, 3.05) is 40.5 Å². The summed E-state index contributed by atoms with van der Waals surface area (Å²) in [5.74, 6) is -1.89. The van der Waals surface area contributed by atoms with Crippen LogP contribution in [0.15, 0.2) is 0 Å². The fourth-order valence-electron chi connectivity index (χ4n) is 2.52. The molecule has 2 atom stereocenters. The molecule has 0 saturated heterocycles. The number of methoxy groups -OCH3 is 2. The van der Waals surface area contributed by atoms with Gasteiger partial charge in [-0.3, -0.25) is 9.59 Å². The largest absolute Gasteiger partial charge is 0.481 e. The Kier molecular flexibility index (Phi) is 6.80. The third kappa shape index (κ3) is 4.47. The number of carbonyl (C=O) groups is 2. The molecule has 1 saturated carbocycles. The van der Waals surface area contributed by atoms with Gasteiger partial charge in [0.2, 0.25) is 5.91 Å². The molecule has 1 amide bonds. The van der Waals surface area contributed by atoms with Crippen molar-refractivity contribution in [2.24, 2.45) is 11.8 Å². The summed E-state index contributed by atoms with van der Waals surface area (Å²) in [6.45, 7) is 1.84. The molecule has 110 valence electrons. The molecule has 6 heteroatoms. The van der Waals surface area contributed by atoms with Gasteiger partial charge in [-0.05, 0) is 12.8 Å². The Balaban J connectivity index is 2.65. The lowest BCUT2D eigenvalue weighted by Gasteiger charge is -2.26. The number of hydrogen-bond donors (Lipinski definition) is 1. The Hall–Kier alpha value is -1.14. The molecule has 1 aliphatic carbocycles. The number of carbonyl (C=O) groups excluding carboxylic acids is 1. The molecule has 1 fully saturated rings. The lowest BCUT2D eigenvalue weighted by Crippen LogP contribution is -2.42. The van der Waals surface area contributed by atoms with Crippen LogP contribution >= 0.6 is 0 Å². The highest BCUT2D eigenvalue weighted by molar-refractivity contribution is 5.85. The highest BCUT2D eigenvalue weighted by Crippen LogP contribution is 2.33. The predicted molar refractivity (Wildman–Crippen MR) is 68.8 cm³/mol. The molecule has 0 spiro atoms. The van der Waals surface area contributed by atoms with E-state index in [1.54, 1.807) is 19.1 Å². The van der Waals surface area contributed by atoms with Crippen molar-refractivity contribution < 1.29 is 24.2 Å². The SMILES string of the molecule is COCCN(CCOC)C(=O)C1CCCC1C(=O)O. The van der Waals surface area contributed by atoms with Crippen LogP contribution in [0.5, 0.6) is 0 Å². The minimum atomic E-state index is -0.866. The number of carboxylic acids is 1. The topological polar surface area (TPSA) is 76.1 Å². The van der Waals surface area contributed by atoms with Gasteiger partial charge in [0.25, 0.3) is 0 Å². The van der Waals surface area contributed by atoms with Gasteiger partial charge in [0.05, 0.1) is 25.0 Å². The molecule has 0 heterocycles. The van der Waals surface area contributed by atoms with E-state index in [-0.39, 0.29) is 5.91 Å². The fraction of sp³-hybridized carbons (Fsp3) is 0.846. The van der Waals surface area contributed by atoms with Crippen molar-refractivity contribution in [1.82, 2.24) is 4.90 Å². The van der Waals surface area contributed by atoms with E-state index in [0.717, 1.165) is 6.42 Å². The summed E-state index contributed by atoms with van der Waals surface area (Å²) in [4.78, 5) is 25.2. The third-order valence-corrected chi connectivity index (χ3v) is 3.59. The second-order valence-electron chi connectivity index (χ2n) is 4.79. The van der Waals surface area contributed by atoms with Crippen LogP contribution in [-0.2, 0) is 19.1 Å². The Morgan fingerprint density at radius 3 is 2.11 bits per heavy atom. The van der Waals surface area contributed by atoms with E-state index in [9.17, 15) is 9.59 Å². The number of nitrogens with zero attached hydrogens (tertiary/aromatic N) is 1. The lowest BCUT2D eigenvalue weighted by atomic mass is 9.94. The van der Waals surface area contributed by atoms with E-state index < -0.39 is 17.8 Å².